The van der Waals surface area contributed by atoms with Crippen molar-refractivity contribution in [1.82, 2.24) is 14.8 Å². The second-order valence-corrected chi connectivity index (χ2v) is 7.89. The lowest BCUT2D eigenvalue weighted by atomic mass is 9.93. The molecule has 1 N–H and O–H groups in total. The number of H-pyrrole nitrogens is 1. The summed E-state index contributed by atoms with van der Waals surface area (Å²) >= 11 is 7.47. The van der Waals surface area contributed by atoms with Gasteiger partial charge < -0.3 is 0 Å². The predicted octanol–water partition coefficient (Wildman–Crippen LogP) is 5.30. The van der Waals surface area contributed by atoms with Crippen molar-refractivity contribution in [1.29, 1.82) is 0 Å². The highest BCUT2D eigenvalue weighted by molar-refractivity contribution is 7.12. The first-order valence-corrected chi connectivity index (χ1v) is 8.97. The summed E-state index contributed by atoms with van der Waals surface area (Å²) < 4.78 is 1.40. The molecule has 0 amide bonds. The SMILES string of the molecule is Cc1[nH]n(-c2nc(C(C)(C)C)cs2)c(=O)c1N=Nc1ccccc1Cl. The van der Waals surface area contributed by atoms with Gasteiger partial charge in [-0.15, -0.1) is 21.6 Å². The third-order valence-electron chi connectivity index (χ3n) is 3.60. The van der Waals surface area contributed by atoms with Crippen molar-refractivity contribution in [2.75, 3.05) is 0 Å². The van der Waals surface area contributed by atoms with Crippen LogP contribution >= 0.6 is 22.9 Å². The van der Waals surface area contributed by atoms with Crippen LogP contribution in [-0.2, 0) is 5.41 Å². The van der Waals surface area contributed by atoms with E-state index in [1.54, 1.807) is 19.1 Å². The molecule has 0 spiro atoms. The normalized spacial score (nSPS) is 12.2. The second kappa shape index (κ2) is 6.57. The van der Waals surface area contributed by atoms with Crippen LogP contribution in [0.1, 0.15) is 32.2 Å². The predicted molar refractivity (Wildman–Crippen MR) is 101 cm³/mol. The molecule has 0 aliphatic heterocycles. The monoisotopic (exact) mass is 375 g/mol. The van der Waals surface area contributed by atoms with Gasteiger partial charge in [0.25, 0.3) is 0 Å². The number of aromatic nitrogens is 3. The van der Waals surface area contributed by atoms with Crippen LogP contribution in [0.15, 0.2) is 44.7 Å². The molecule has 2 heterocycles. The largest absolute Gasteiger partial charge is 0.301 e. The van der Waals surface area contributed by atoms with Gasteiger partial charge in [0, 0.05) is 10.8 Å². The Morgan fingerprint density at radius 1 is 1.24 bits per heavy atom. The van der Waals surface area contributed by atoms with Gasteiger partial charge in [0.15, 0.2) is 5.69 Å². The van der Waals surface area contributed by atoms with Gasteiger partial charge in [0.1, 0.15) is 5.69 Å². The zero-order valence-corrected chi connectivity index (χ0v) is 15.9. The maximum absolute atomic E-state index is 12.7. The maximum Gasteiger partial charge on any atom is 0.301 e. The van der Waals surface area contributed by atoms with E-state index >= 15 is 0 Å². The van der Waals surface area contributed by atoms with E-state index in [4.69, 9.17) is 11.6 Å². The van der Waals surface area contributed by atoms with Gasteiger partial charge >= 0.3 is 5.56 Å². The second-order valence-electron chi connectivity index (χ2n) is 6.64. The van der Waals surface area contributed by atoms with E-state index in [9.17, 15) is 4.79 Å². The lowest BCUT2D eigenvalue weighted by molar-refractivity contribution is 0.571. The number of halogens is 1. The molecule has 130 valence electrons. The summed E-state index contributed by atoms with van der Waals surface area (Å²) in [6.45, 7) is 8.02. The Labute approximate surface area is 154 Å². The van der Waals surface area contributed by atoms with Crippen LogP contribution in [0, 0.1) is 6.92 Å². The summed E-state index contributed by atoms with van der Waals surface area (Å²) in [6.07, 6.45) is 0. The number of benzene rings is 1. The van der Waals surface area contributed by atoms with Gasteiger partial charge in [0.05, 0.1) is 16.4 Å². The molecule has 3 rings (SSSR count). The number of nitrogens with one attached hydrogen (secondary N) is 1. The third kappa shape index (κ3) is 3.57. The summed E-state index contributed by atoms with van der Waals surface area (Å²) in [5.41, 5.74) is 1.95. The molecule has 0 radical (unpaired) electrons. The minimum atomic E-state index is -0.289. The summed E-state index contributed by atoms with van der Waals surface area (Å²) in [6, 6.07) is 7.09. The van der Waals surface area contributed by atoms with Gasteiger partial charge in [-0.3, -0.25) is 9.89 Å². The van der Waals surface area contributed by atoms with Crippen molar-refractivity contribution >= 4 is 34.3 Å². The number of hydrogen-bond acceptors (Lipinski definition) is 5. The van der Waals surface area contributed by atoms with Gasteiger partial charge in [-0.05, 0) is 19.1 Å². The van der Waals surface area contributed by atoms with Crippen molar-refractivity contribution in [2.24, 2.45) is 10.2 Å². The van der Waals surface area contributed by atoms with Gasteiger partial charge in [-0.25, -0.2) is 4.98 Å². The molecule has 1 aromatic carbocycles. The Kier molecular flexibility index (Phi) is 4.62. The fraction of sp³-hybridized carbons (Fsp3) is 0.294. The number of aromatic amines is 1. The van der Waals surface area contributed by atoms with Crippen LogP contribution in [0.4, 0.5) is 11.4 Å². The van der Waals surface area contributed by atoms with Crippen molar-refractivity contribution < 1.29 is 0 Å². The Morgan fingerprint density at radius 3 is 2.60 bits per heavy atom. The van der Waals surface area contributed by atoms with Gasteiger partial charge in [-0.1, -0.05) is 44.5 Å². The maximum atomic E-state index is 12.7. The van der Waals surface area contributed by atoms with E-state index in [2.05, 4.69) is 41.1 Å². The van der Waals surface area contributed by atoms with Crippen LogP contribution in [0.25, 0.3) is 5.13 Å². The number of rotatable bonds is 3. The standard InChI is InChI=1S/C17H18ClN5OS/c1-10-14(21-20-12-8-6-5-7-11(12)18)15(24)23(22-10)16-19-13(9-25-16)17(2,3)4/h5-9,22H,1-4H3. The average Bonchev–Trinajstić information content (AvgIpc) is 3.13. The smallest absolute Gasteiger partial charge is 0.291 e. The zero-order valence-electron chi connectivity index (χ0n) is 14.4. The molecule has 0 unspecified atom stereocenters. The van der Waals surface area contributed by atoms with Gasteiger partial charge in [0.2, 0.25) is 5.13 Å². The number of aryl methyl sites for hydroxylation is 1. The molecule has 8 heteroatoms. The highest BCUT2D eigenvalue weighted by atomic mass is 35.5. The minimum absolute atomic E-state index is 0.0768. The Morgan fingerprint density at radius 2 is 1.96 bits per heavy atom. The molecule has 0 bridgehead atoms. The molecule has 6 nitrogen and oxygen atoms in total. The average molecular weight is 376 g/mol. The van der Waals surface area contributed by atoms with Crippen LogP contribution in [0.2, 0.25) is 5.02 Å². The molecule has 2 aromatic heterocycles. The fourth-order valence-corrected chi connectivity index (χ4v) is 3.32. The lowest BCUT2D eigenvalue weighted by Crippen LogP contribution is -2.16. The molecule has 0 saturated carbocycles. The third-order valence-corrected chi connectivity index (χ3v) is 4.75. The van der Waals surface area contributed by atoms with Crippen LogP contribution in [0.5, 0.6) is 0 Å². The molecule has 3 aromatic rings. The molecule has 0 aliphatic rings. The van der Waals surface area contributed by atoms with E-state index in [1.807, 2.05) is 17.5 Å². The first-order chi connectivity index (χ1) is 11.8. The van der Waals surface area contributed by atoms with E-state index in [0.717, 1.165) is 5.69 Å². The number of azo groups is 1. The first-order valence-electron chi connectivity index (χ1n) is 7.71. The molecule has 0 fully saturated rings. The molecule has 0 atom stereocenters. The quantitative estimate of drug-likeness (QED) is 0.631. The van der Waals surface area contributed by atoms with E-state index in [0.29, 0.717) is 21.5 Å². The van der Waals surface area contributed by atoms with Crippen molar-refractivity contribution in [3.05, 3.63) is 56.4 Å². The van der Waals surface area contributed by atoms with Crippen LogP contribution in [0.3, 0.4) is 0 Å². The summed E-state index contributed by atoms with van der Waals surface area (Å²) in [5, 5.41) is 14.2. The van der Waals surface area contributed by atoms with Crippen LogP contribution < -0.4 is 5.56 Å². The molecular weight excluding hydrogens is 358 g/mol. The van der Waals surface area contributed by atoms with Crippen molar-refractivity contribution in [2.45, 2.75) is 33.1 Å². The molecule has 0 aliphatic carbocycles. The molecule has 25 heavy (non-hydrogen) atoms. The Bertz CT molecular complexity index is 993. The minimum Gasteiger partial charge on any atom is -0.291 e. The van der Waals surface area contributed by atoms with Crippen LogP contribution in [-0.4, -0.2) is 14.8 Å². The van der Waals surface area contributed by atoms with E-state index in [-0.39, 0.29) is 16.7 Å². The summed E-state index contributed by atoms with van der Waals surface area (Å²) in [5.74, 6) is 0. The van der Waals surface area contributed by atoms with Gasteiger partial charge in [-0.2, -0.15) is 4.68 Å². The zero-order chi connectivity index (χ0) is 18.2. The van der Waals surface area contributed by atoms with E-state index in [1.165, 1.54) is 16.0 Å². The highest BCUT2D eigenvalue weighted by Gasteiger charge is 2.20. The highest BCUT2D eigenvalue weighted by Crippen LogP contribution is 2.27. The summed E-state index contributed by atoms with van der Waals surface area (Å²) in [7, 11) is 0. The first kappa shape index (κ1) is 17.6. The van der Waals surface area contributed by atoms with Crippen molar-refractivity contribution in [3.8, 4) is 5.13 Å². The molecular formula is C17H18ClN5OS. The Balaban J connectivity index is 1.98. The van der Waals surface area contributed by atoms with E-state index < -0.39 is 0 Å². The topological polar surface area (TPSA) is 75.4 Å². The fourth-order valence-electron chi connectivity index (χ4n) is 2.14. The molecule has 0 saturated heterocycles. The van der Waals surface area contributed by atoms with Crippen molar-refractivity contribution in [3.63, 3.8) is 0 Å². The number of thiazole rings is 1. The number of nitrogens with zero attached hydrogens (tertiary/aromatic N) is 4. The summed E-state index contributed by atoms with van der Waals surface area (Å²) in [4.78, 5) is 17.2. The Hall–Kier alpha value is -2.25. The number of hydrogen-bond donors (Lipinski definition) is 1. The lowest BCUT2D eigenvalue weighted by Gasteiger charge is -2.13.